The molecule has 1 saturated carbocycles. The molecule has 2 amide bonds. The van der Waals surface area contributed by atoms with Crippen molar-refractivity contribution in [3.8, 4) is 11.1 Å². The third-order valence-electron chi connectivity index (χ3n) is 6.71. The van der Waals surface area contributed by atoms with Crippen molar-refractivity contribution in [2.45, 2.75) is 18.8 Å². The number of carboxylic acid groups (broad SMARTS) is 1. The van der Waals surface area contributed by atoms with Gasteiger partial charge in [-0.25, -0.2) is 14.0 Å². The second-order valence-corrected chi connectivity index (χ2v) is 8.91. The Hall–Kier alpha value is -4.20. The number of benzene rings is 3. The average molecular weight is 474 g/mol. The van der Waals surface area contributed by atoms with Crippen LogP contribution in [0.5, 0.6) is 0 Å². The first-order valence-corrected chi connectivity index (χ1v) is 11.3. The topological polar surface area (TPSA) is 105 Å². The normalized spacial score (nSPS) is 15.0. The van der Waals surface area contributed by atoms with Crippen LogP contribution in [0.4, 0.5) is 14.9 Å². The van der Waals surface area contributed by atoms with Gasteiger partial charge < -0.3 is 20.5 Å². The van der Waals surface area contributed by atoms with Crippen LogP contribution in [-0.2, 0) is 9.53 Å². The quantitative estimate of drug-likeness (QED) is 0.457. The van der Waals surface area contributed by atoms with Crippen LogP contribution in [0.15, 0.2) is 66.7 Å². The predicted molar refractivity (Wildman–Crippen MR) is 127 cm³/mol. The zero-order valence-corrected chi connectivity index (χ0v) is 18.7. The van der Waals surface area contributed by atoms with Gasteiger partial charge in [0.1, 0.15) is 12.4 Å². The molecule has 0 radical (unpaired) electrons. The van der Waals surface area contributed by atoms with Crippen molar-refractivity contribution in [2.75, 3.05) is 18.5 Å². The van der Waals surface area contributed by atoms with Crippen LogP contribution in [0.1, 0.15) is 40.2 Å². The average Bonchev–Trinajstić information content (AvgIpc) is 3.59. The zero-order valence-electron chi connectivity index (χ0n) is 18.7. The molecule has 0 saturated heterocycles. The number of aromatic carboxylic acids is 1. The first kappa shape index (κ1) is 22.6. The van der Waals surface area contributed by atoms with Gasteiger partial charge in [-0.1, -0.05) is 48.5 Å². The second kappa shape index (κ2) is 8.87. The lowest BCUT2D eigenvalue weighted by Crippen LogP contribution is -2.37. The number of hydrogen-bond acceptors (Lipinski definition) is 4. The minimum atomic E-state index is -1.26. The van der Waals surface area contributed by atoms with Crippen molar-refractivity contribution in [2.24, 2.45) is 5.41 Å². The van der Waals surface area contributed by atoms with E-state index in [1.807, 2.05) is 36.4 Å². The van der Waals surface area contributed by atoms with Crippen LogP contribution in [0, 0.1) is 11.2 Å². The molecule has 0 spiro atoms. The number of carbonyl (C=O) groups excluding carboxylic acids is 2. The third kappa shape index (κ3) is 4.35. The number of ether oxygens (including phenoxy) is 1. The van der Waals surface area contributed by atoms with Crippen molar-refractivity contribution in [3.05, 3.63) is 89.2 Å². The molecule has 3 aromatic rings. The van der Waals surface area contributed by atoms with Crippen molar-refractivity contribution in [1.82, 2.24) is 5.32 Å². The number of rotatable bonds is 7. The number of amides is 2. The Balaban J connectivity index is 1.17. The molecule has 7 nitrogen and oxygen atoms in total. The Labute approximate surface area is 200 Å². The largest absolute Gasteiger partial charge is 0.478 e. The number of alkyl carbamates (subject to hydrolysis) is 1. The number of fused-ring (bicyclic) bond motifs is 3. The van der Waals surface area contributed by atoms with Gasteiger partial charge in [0.05, 0.1) is 16.7 Å². The van der Waals surface area contributed by atoms with Crippen LogP contribution in [0.3, 0.4) is 0 Å². The number of carbonyl (C=O) groups is 3. The lowest BCUT2D eigenvalue weighted by molar-refractivity contribution is -0.120. The van der Waals surface area contributed by atoms with E-state index in [1.165, 1.54) is 12.1 Å². The molecule has 178 valence electrons. The summed E-state index contributed by atoms with van der Waals surface area (Å²) in [5.41, 5.74) is 3.32. The fraction of sp³-hybridized carbons (Fsp3) is 0.222. The van der Waals surface area contributed by atoms with E-state index in [9.17, 15) is 18.8 Å². The van der Waals surface area contributed by atoms with Crippen LogP contribution >= 0.6 is 0 Å². The summed E-state index contributed by atoms with van der Waals surface area (Å²) >= 11 is 0. The minimum absolute atomic E-state index is 0.0599. The highest BCUT2D eigenvalue weighted by Crippen LogP contribution is 2.46. The summed E-state index contributed by atoms with van der Waals surface area (Å²) < 4.78 is 19.7. The van der Waals surface area contributed by atoms with Crippen molar-refractivity contribution < 1.29 is 28.6 Å². The van der Waals surface area contributed by atoms with E-state index in [2.05, 4.69) is 22.8 Å². The number of hydrogen-bond donors (Lipinski definition) is 3. The number of carboxylic acids is 1. The lowest BCUT2D eigenvalue weighted by Gasteiger charge is -2.18. The van der Waals surface area contributed by atoms with Gasteiger partial charge in [0.25, 0.3) is 0 Å². The van der Waals surface area contributed by atoms with Gasteiger partial charge >= 0.3 is 12.1 Å². The van der Waals surface area contributed by atoms with Crippen LogP contribution in [-0.4, -0.2) is 36.2 Å². The molecule has 3 aromatic carbocycles. The molecule has 0 aliphatic heterocycles. The minimum Gasteiger partial charge on any atom is -0.478 e. The molecule has 0 heterocycles. The fourth-order valence-corrected chi connectivity index (χ4v) is 4.53. The van der Waals surface area contributed by atoms with E-state index in [4.69, 9.17) is 9.84 Å². The molecule has 2 aliphatic carbocycles. The zero-order chi connectivity index (χ0) is 24.6. The molecule has 5 rings (SSSR count). The highest BCUT2D eigenvalue weighted by Gasteiger charge is 2.50. The van der Waals surface area contributed by atoms with E-state index >= 15 is 0 Å². The summed E-state index contributed by atoms with van der Waals surface area (Å²) in [5.74, 6) is -2.59. The van der Waals surface area contributed by atoms with Crippen LogP contribution in [0.2, 0.25) is 0 Å². The SMILES string of the molecule is O=C(NCC1(C(=O)Nc2ccc(C(=O)O)cc2F)CC1)OCC1c2ccccc2-c2ccccc21. The first-order valence-electron chi connectivity index (χ1n) is 11.3. The van der Waals surface area contributed by atoms with Gasteiger partial charge in [0.15, 0.2) is 0 Å². The first-order chi connectivity index (χ1) is 16.9. The summed E-state index contributed by atoms with van der Waals surface area (Å²) in [5, 5.41) is 14.1. The second-order valence-electron chi connectivity index (χ2n) is 8.91. The fourth-order valence-electron chi connectivity index (χ4n) is 4.53. The Morgan fingerprint density at radius 3 is 2.17 bits per heavy atom. The molecular formula is C27H23FN2O5. The smallest absolute Gasteiger partial charge is 0.407 e. The highest BCUT2D eigenvalue weighted by atomic mass is 19.1. The van der Waals surface area contributed by atoms with Crippen molar-refractivity contribution in [3.63, 3.8) is 0 Å². The summed E-state index contributed by atoms with van der Waals surface area (Å²) in [7, 11) is 0. The third-order valence-corrected chi connectivity index (χ3v) is 6.71. The van der Waals surface area contributed by atoms with Crippen LogP contribution < -0.4 is 10.6 Å². The molecule has 2 aliphatic rings. The molecule has 0 bridgehead atoms. The summed E-state index contributed by atoms with van der Waals surface area (Å²) in [6.45, 7) is 0.227. The van der Waals surface area contributed by atoms with Gasteiger partial charge in [0, 0.05) is 12.5 Å². The molecule has 1 fully saturated rings. The molecule has 8 heteroatoms. The van der Waals surface area contributed by atoms with Crippen molar-refractivity contribution in [1.29, 1.82) is 0 Å². The number of anilines is 1. The Kier molecular flexibility index (Phi) is 5.72. The molecule has 35 heavy (non-hydrogen) atoms. The number of halogens is 1. The Morgan fingerprint density at radius 1 is 0.971 bits per heavy atom. The highest BCUT2D eigenvalue weighted by molar-refractivity contribution is 5.98. The maximum absolute atomic E-state index is 14.2. The molecule has 3 N–H and O–H groups in total. The van der Waals surface area contributed by atoms with Gasteiger partial charge in [-0.15, -0.1) is 0 Å². The lowest BCUT2D eigenvalue weighted by atomic mass is 9.98. The van der Waals surface area contributed by atoms with E-state index in [1.54, 1.807) is 0 Å². The summed E-state index contributed by atoms with van der Waals surface area (Å²) in [4.78, 5) is 36.1. The van der Waals surface area contributed by atoms with E-state index in [0.717, 1.165) is 28.3 Å². The molecule has 0 atom stereocenters. The van der Waals surface area contributed by atoms with Gasteiger partial charge in [-0.3, -0.25) is 4.79 Å². The van der Waals surface area contributed by atoms with Gasteiger partial charge in [-0.2, -0.15) is 0 Å². The van der Waals surface area contributed by atoms with E-state index < -0.39 is 29.2 Å². The monoisotopic (exact) mass is 474 g/mol. The Morgan fingerprint density at radius 2 is 1.60 bits per heavy atom. The van der Waals surface area contributed by atoms with Gasteiger partial charge in [0.2, 0.25) is 5.91 Å². The van der Waals surface area contributed by atoms with E-state index in [-0.39, 0.29) is 30.3 Å². The maximum atomic E-state index is 14.2. The maximum Gasteiger partial charge on any atom is 0.407 e. The number of nitrogens with one attached hydrogen (secondary N) is 2. The van der Waals surface area contributed by atoms with Gasteiger partial charge in [-0.05, 0) is 53.3 Å². The van der Waals surface area contributed by atoms with Crippen molar-refractivity contribution >= 4 is 23.7 Å². The summed E-state index contributed by atoms with van der Waals surface area (Å²) in [6.07, 6.45) is 0.456. The van der Waals surface area contributed by atoms with E-state index in [0.29, 0.717) is 12.8 Å². The van der Waals surface area contributed by atoms with Crippen LogP contribution in [0.25, 0.3) is 11.1 Å². The summed E-state index contributed by atoms with van der Waals surface area (Å²) in [6, 6.07) is 19.4. The standard InChI is InChI=1S/C27H23FN2O5/c28-22-13-16(24(31)32)9-10-23(22)30-25(33)27(11-12-27)15-29-26(34)35-14-21-19-7-3-1-5-17(19)18-6-2-4-8-20(18)21/h1-10,13,21H,11-12,14-15H2,(H,29,34)(H,30,33)(H,31,32). The predicted octanol–water partition coefficient (Wildman–Crippen LogP) is 4.78. The molecular weight excluding hydrogens is 451 g/mol. The Bertz CT molecular complexity index is 1290. The molecule has 0 unspecified atom stereocenters. The molecule has 0 aromatic heterocycles.